The van der Waals surface area contributed by atoms with E-state index in [1.807, 2.05) is 42.5 Å². The molecule has 1 unspecified atom stereocenters. The Balaban J connectivity index is 1.70. The largest absolute Gasteiger partial charge is 0.451 e. The van der Waals surface area contributed by atoms with Gasteiger partial charge in [-0.25, -0.2) is 0 Å². The van der Waals surface area contributed by atoms with Crippen molar-refractivity contribution < 1.29 is 18.7 Å². The van der Waals surface area contributed by atoms with Crippen molar-refractivity contribution in [1.29, 1.82) is 0 Å². The van der Waals surface area contributed by atoms with Crippen LogP contribution < -0.4 is 10.4 Å². The zero-order valence-corrected chi connectivity index (χ0v) is 24.6. The van der Waals surface area contributed by atoms with E-state index < -0.39 is 31.9 Å². The highest BCUT2D eigenvalue weighted by molar-refractivity contribution is 8.00. The van der Waals surface area contributed by atoms with Gasteiger partial charge in [0.15, 0.2) is 5.44 Å². The van der Waals surface area contributed by atoms with Crippen molar-refractivity contribution in [2.24, 2.45) is 5.11 Å². The van der Waals surface area contributed by atoms with Crippen LogP contribution in [0.2, 0.25) is 5.04 Å². The van der Waals surface area contributed by atoms with E-state index in [4.69, 9.17) is 13.9 Å². The molecule has 1 heterocycles. The van der Waals surface area contributed by atoms with Gasteiger partial charge in [0.2, 0.25) is 0 Å². The molecule has 0 N–H and O–H groups in total. The fraction of sp³-hybridized carbons (Fsp3) is 0.367. The Morgan fingerprint density at radius 2 is 1.49 bits per heavy atom. The van der Waals surface area contributed by atoms with Gasteiger partial charge in [-0.05, 0) is 26.5 Å². The fourth-order valence-electron chi connectivity index (χ4n) is 5.22. The van der Waals surface area contributed by atoms with Gasteiger partial charge in [-0.3, -0.25) is 4.79 Å². The van der Waals surface area contributed by atoms with E-state index in [0.717, 1.165) is 5.56 Å². The molecular weight excluding hydrogens is 527 g/mol. The summed E-state index contributed by atoms with van der Waals surface area (Å²) in [5.41, 5.74) is 9.70. The van der Waals surface area contributed by atoms with Gasteiger partial charge < -0.3 is 13.9 Å². The maximum absolute atomic E-state index is 11.9. The van der Waals surface area contributed by atoms with Gasteiger partial charge in [-0.1, -0.05) is 117 Å². The molecule has 4 atom stereocenters. The molecule has 0 spiro atoms. The molecular formula is C30H35N3O4SSi. The van der Waals surface area contributed by atoms with E-state index >= 15 is 0 Å². The van der Waals surface area contributed by atoms with Crippen molar-refractivity contribution in [3.05, 3.63) is 107 Å². The average Bonchev–Trinajstić information content (AvgIpc) is 3.24. The molecule has 0 amide bonds. The van der Waals surface area contributed by atoms with E-state index in [-0.39, 0.29) is 10.3 Å². The Labute approximate surface area is 235 Å². The number of thioether (sulfide) groups is 1. The number of nitrogens with zero attached hydrogens (tertiary/aromatic N) is 3. The lowest BCUT2D eigenvalue weighted by Crippen LogP contribution is -2.67. The van der Waals surface area contributed by atoms with Crippen LogP contribution in [0.1, 0.15) is 33.3 Å². The molecule has 0 bridgehead atoms. The minimum absolute atomic E-state index is 0.196. The number of carbonyl (C=O) groups excluding carboxylic acids is 1. The van der Waals surface area contributed by atoms with Crippen LogP contribution in [0.3, 0.4) is 0 Å². The predicted molar refractivity (Wildman–Crippen MR) is 158 cm³/mol. The van der Waals surface area contributed by atoms with E-state index in [0.29, 0.717) is 13.2 Å². The molecule has 39 heavy (non-hydrogen) atoms. The topological polar surface area (TPSA) is 93.5 Å². The molecule has 7 nitrogen and oxygen atoms in total. The van der Waals surface area contributed by atoms with Gasteiger partial charge >= 0.3 is 5.97 Å². The summed E-state index contributed by atoms with van der Waals surface area (Å²) in [5, 5.41) is 5.96. The fourth-order valence-corrected chi connectivity index (χ4v) is 11.4. The number of hydrogen-bond donors (Lipinski definition) is 0. The van der Waals surface area contributed by atoms with Crippen LogP contribution in [-0.4, -0.2) is 43.7 Å². The van der Waals surface area contributed by atoms with Crippen molar-refractivity contribution in [2.45, 2.75) is 62.2 Å². The first-order valence-electron chi connectivity index (χ1n) is 13.0. The van der Waals surface area contributed by atoms with Crippen molar-refractivity contribution in [3.8, 4) is 0 Å². The Hall–Kier alpha value is -3.07. The van der Waals surface area contributed by atoms with E-state index in [1.54, 1.807) is 0 Å². The third kappa shape index (κ3) is 6.57. The summed E-state index contributed by atoms with van der Waals surface area (Å²) in [5.74, 6) is -0.430. The molecule has 0 aromatic heterocycles. The van der Waals surface area contributed by atoms with Crippen molar-refractivity contribution in [2.75, 3.05) is 6.61 Å². The lowest BCUT2D eigenvalue weighted by atomic mass is 10.1. The molecule has 0 aliphatic carbocycles. The molecule has 3 aromatic rings. The second-order valence-electron chi connectivity index (χ2n) is 10.6. The second kappa shape index (κ2) is 12.9. The molecule has 1 aliphatic heterocycles. The highest BCUT2D eigenvalue weighted by atomic mass is 32.2. The zero-order chi connectivity index (χ0) is 27.9. The zero-order valence-electron chi connectivity index (χ0n) is 22.8. The van der Waals surface area contributed by atoms with Gasteiger partial charge in [-0.2, -0.15) is 0 Å². The van der Waals surface area contributed by atoms with Crippen LogP contribution >= 0.6 is 11.8 Å². The number of benzene rings is 3. The van der Waals surface area contributed by atoms with Crippen LogP contribution in [0.15, 0.2) is 96.1 Å². The SMILES string of the molecule is CC(=O)OC1S[C@H](CO[Si](c2ccccc2)(c2ccccc2)C(C)(C)C)[C@@H](OCc2ccccc2)[C@H]1N=[N+]=[N-]. The van der Waals surface area contributed by atoms with Crippen molar-refractivity contribution >= 4 is 36.4 Å². The molecule has 1 saturated heterocycles. The summed E-state index contributed by atoms with van der Waals surface area (Å²) >= 11 is 1.44. The van der Waals surface area contributed by atoms with E-state index in [1.165, 1.54) is 29.1 Å². The third-order valence-electron chi connectivity index (χ3n) is 6.92. The molecule has 4 rings (SSSR count). The summed E-state index contributed by atoms with van der Waals surface area (Å²) in [6.45, 7) is 8.73. The van der Waals surface area contributed by atoms with Gasteiger partial charge in [-0.15, -0.1) is 11.8 Å². The smallest absolute Gasteiger partial charge is 0.303 e. The first-order chi connectivity index (χ1) is 18.8. The van der Waals surface area contributed by atoms with Crippen LogP contribution in [-0.2, 0) is 25.3 Å². The first kappa shape index (κ1) is 28.9. The first-order valence-corrected chi connectivity index (χ1v) is 15.9. The maximum atomic E-state index is 11.9. The number of ether oxygens (including phenoxy) is 2. The third-order valence-corrected chi connectivity index (χ3v) is 13.3. The normalized spacial score (nSPS) is 21.2. The highest BCUT2D eigenvalue weighted by Gasteiger charge is 2.53. The van der Waals surface area contributed by atoms with Gasteiger partial charge in [0.25, 0.3) is 8.32 Å². The molecule has 0 saturated carbocycles. The van der Waals surface area contributed by atoms with Crippen molar-refractivity contribution in [3.63, 3.8) is 0 Å². The molecule has 1 fully saturated rings. The summed E-state index contributed by atoms with van der Waals surface area (Å²) < 4.78 is 19.2. The highest BCUT2D eigenvalue weighted by Crippen LogP contribution is 2.42. The number of hydrogen-bond acceptors (Lipinski definition) is 6. The minimum atomic E-state index is -2.81. The molecule has 3 aromatic carbocycles. The minimum Gasteiger partial charge on any atom is -0.451 e. The van der Waals surface area contributed by atoms with Crippen LogP contribution in [0, 0.1) is 0 Å². The Kier molecular flexibility index (Phi) is 9.53. The summed E-state index contributed by atoms with van der Waals surface area (Å²) in [6, 6.07) is 30.0. The standard InChI is InChI=1S/C30H35N3O4SSi/c1-22(34)37-29-27(32-33-31)28(35-20-23-14-8-5-9-15-23)26(38-29)21-36-39(30(2,3)4,24-16-10-6-11-17-24)25-18-12-7-13-19-25/h5-19,26-29H,20-21H2,1-4H3/t26-,27-,28-,29?/m1/s1. The number of rotatable bonds is 10. The quantitative estimate of drug-likeness (QED) is 0.102. The number of carbonyl (C=O) groups is 1. The Morgan fingerprint density at radius 3 is 1.97 bits per heavy atom. The van der Waals surface area contributed by atoms with E-state index in [2.05, 4.69) is 79.3 Å². The Bertz CT molecular complexity index is 1230. The number of esters is 1. The lowest BCUT2D eigenvalue weighted by molar-refractivity contribution is -0.143. The molecule has 0 radical (unpaired) electrons. The summed E-state index contributed by atoms with van der Waals surface area (Å²) in [4.78, 5) is 15.0. The predicted octanol–water partition coefficient (Wildman–Crippen LogP) is 5.83. The number of azide groups is 1. The monoisotopic (exact) mass is 561 g/mol. The van der Waals surface area contributed by atoms with Crippen molar-refractivity contribution in [1.82, 2.24) is 0 Å². The lowest BCUT2D eigenvalue weighted by Gasteiger charge is -2.43. The van der Waals surface area contributed by atoms with Gasteiger partial charge in [0.05, 0.1) is 18.0 Å². The molecule has 9 heteroatoms. The Morgan fingerprint density at radius 1 is 0.949 bits per heavy atom. The van der Waals surface area contributed by atoms with E-state index in [9.17, 15) is 10.3 Å². The summed E-state index contributed by atoms with van der Waals surface area (Å²) in [6.07, 6.45) is -0.506. The van der Waals surface area contributed by atoms with Gasteiger partial charge in [0, 0.05) is 18.4 Å². The maximum Gasteiger partial charge on any atom is 0.303 e. The molecule has 204 valence electrons. The summed E-state index contributed by atoms with van der Waals surface area (Å²) in [7, 11) is -2.81. The van der Waals surface area contributed by atoms with Crippen LogP contribution in [0.4, 0.5) is 0 Å². The van der Waals surface area contributed by atoms with Crippen LogP contribution in [0.5, 0.6) is 0 Å². The average molecular weight is 562 g/mol. The molecule has 1 aliphatic rings. The van der Waals surface area contributed by atoms with Gasteiger partial charge in [0.1, 0.15) is 6.04 Å². The van der Waals surface area contributed by atoms with Crippen LogP contribution in [0.25, 0.3) is 10.4 Å². The second-order valence-corrected chi connectivity index (χ2v) is 16.2.